The van der Waals surface area contributed by atoms with Gasteiger partial charge in [-0.15, -0.1) is 5.10 Å². The number of amides is 1. The lowest BCUT2D eigenvalue weighted by Gasteiger charge is -2.23. The molecule has 0 aliphatic heterocycles. The highest BCUT2D eigenvalue weighted by Gasteiger charge is 2.30. The number of hydrogen-bond donors (Lipinski definition) is 7. The fourth-order valence-corrected chi connectivity index (χ4v) is 5.01. The third-order valence-electron chi connectivity index (χ3n) is 7.13. The van der Waals surface area contributed by atoms with E-state index in [1.54, 1.807) is 54.6 Å². The van der Waals surface area contributed by atoms with E-state index < -0.39 is 51.9 Å². The number of pyridine rings is 1. The van der Waals surface area contributed by atoms with Crippen LogP contribution in [0, 0.1) is 11.8 Å². The molecule has 6 rings (SSSR count). The van der Waals surface area contributed by atoms with Gasteiger partial charge in [0, 0.05) is 36.9 Å². The number of benzene rings is 2. The molecular weight excluding hydrogens is 584 g/mol. The number of carbonyl (C=O) groups excluding carboxylic acids is 1. The molecule has 0 bridgehead atoms. The van der Waals surface area contributed by atoms with Crippen molar-refractivity contribution in [1.29, 1.82) is 0 Å². The Balaban J connectivity index is 1.58. The molecule has 15 heteroatoms. The number of aromatic nitrogens is 6. The summed E-state index contributed by atoms with van der Waals surface area (Å²) in [6, 6.07) is 6.96. The Hall–Kier alpha value is -6.69. The van der Waals surface area contributed by atoms with Crippen LogP contribution in [-0.2, 0) is 7.05 Å². The molecule has 1 atom stereocenters. The zero-order valence-electron chi connectivity index (χ0n) is 23.6. The Morgan fingerprint density at radius 1 is 1.02 bits per heavy atom. The minimum absolute atomic E-state index is 0.00341. The fraction of sp³-hybridized carbons (Fsp3) is 0.100. The summed E-state index contributed by atoms with van der Waals surface area (Å²) >= 11 is 0. The van der Waals surface area contributed by atoms with E-state index in [9.17, 15) is 35.1 Å². The molecule has 4 heterocycles. The lowest BCUT2D eigenvalue weighted by molar-refractivity contribution is 0.0941. The van der Waals surface area contributed by atoms with E-state index in [1.165, 1.54) is 23.7 Å². The molecule has 0 saturated heterocycles. The van der Waals surface area contributed by atoms with Crippen LogP contribution < -0.4 is 16.6 Å². The van der Waals surface area contributed by atoms with Crippen LogP contribution >= 0.6 is 0 Å². The summed E-state index contributed by atoms with van der Waals surface area (Å²) in [5.41, 5.74) is 5.41. The molecule has 0 aliphatic rings. The quantitative estimate of drug-likeness (QED) is 0.0867. The summed E-state index contributed by atoms with van der Waals surface area (Å²) in [7, 11) is 1.73. The maximum absolute atomic E-state index is 14.3. The predicted molar refractivity (Wildman–Crippen MR) is 160 cm³/mol. The van der Waals surface area contributed by atoms with E-state index in [4.69, 9.17) is 5.73 Å². The van der Waals surface area contributed by atoms with Gasteiger partial charge in [0.2, 0.25) is 17.2 Å². The second-order valence-electron chi connectivity index (χ2n) is 10.1. The monoisotopic (exact) mass is 608 g/mol. The molecule has 1 unspecified atom stereocenters. The van der Waals surface area contributed by atoms with Crippen LogP contribution in [0.1, 0.15) is 40.1 Å². The van der Waals surface area contributed by atoms with Crippen molar-refractivity contribution < 1.29 is 30.3 Å². The minimum atomic E-state index is -1.20. The van der Waals surface area contributed by atoms with Crippen molar-refractivity contribution in [3.63, 3.8) is 0 Å². The number of nitrogens with one attached hydrogen (secondary N) is 1. The molecule has 0 saturated carbocycles. The average Bonchev–Trinajstić information content (AvgIpc) is 3.60. The van der Waals surface area contributed by atoms with Gasteiger partial charge in [-0.2, -0.15) is 5.10 Å². The molecule has 0 radical (unpaired) electrons. The highest BCUT2D eigenvalue weighted by Crippen LogP contribution is 2.52. The fourth-order valence-electron chi connectivity index (χ4n) is 5.01. The zero-order valence-corrected chi connectivity index (χ0v) is 23.6. The molecule has 4 aromatic heterocycles. The van der Waals surface area contributed by atoms with Crippen LogP contribution in [0.4, 0.5) is 5.82 Å². The van der Waals surface area contributed by atoms with E-state index in [1.807, 2.05) is 0 Å². The summed E-state index contributed by atoms with van der Waals surface area (Å²) in [4.78, 5) is 32.0. The number of nitrogens with zero attached hydrogens (tertiary/aromatic N) is 6. The second kappa shape index (κ2) is 10.5. The standard InChI is InChI=1S/C30H24N8O7/c1-14(34-29(44)20-27(31)35-37-10-4-9-32-28(20)37)18-11-17-6-3-5-16(8-7-15-12-33-36(2)13-15)19(17)30(45)38(18)21-22(39)24(41)26(43)25(42)23(21)40/h3-6,9-14,39-43H,1-2H3,(H2,31,35)(H,34,44). The van der Waals surface area contributed by atoms with Crippen molar-refractivity contribution in [2.75, 3.05) is 5.73 Å². The van der Waals surface area contributed by atoms with Crippen molar-refractivity contribution >= 4 is 28.1 Å². The Labute approximate surface area is 252 Å². The van der Waals surface area contributed by atoms with E-state index in [-0.39, 0.29) is 33.7 Å². The third kappa shape index (κ3) is 4.62. The molecule has 0 spiro atoms. The molecule has 8 N–H and O–H groups in total. The maximum atomic E-state index is 14.3. The minimum Gasteiger partial charge on any atom is -0.503 e. The number of carbonyl (C=O) groups is 1. The van der Waals surface area contributed by atoms with E-state index in [0.29, 0.717) is 10.9 Å². The van der Waals surface area contributed by atoms with Gasteiger partial charge in [0.05, 0.1) is 23.2 Å². The molecular formula is C30H24N8O7. The lowest BCUT2D eigenvalue weighted by atomic mass is 10.0. The first-order valence-electron chi connectivity index (χ1n) is 13.3. The van der Waals surface area contributed by atoms with Crippen molar-refractivity contribution in [2.24, 2.45) is 7.05 Å². The summed E-state index contributed by atoms with van der Waals surface area (Å²) in [6.07, 6.45) is 6.25. The van der Waals surface area contributed by atoms with Crippen LogP contribution in [-0.4, -0.2) is 60.4 Å². The van der Waals surface area contributed by atoms with Crippen LogP contribution in [0.25, 0.3) is 22.1 Å². The summed E-state index contributed by atoms with van der Waals surface area (Å²) in [6.45, 7) is 1.52. The number of hydrogen-bond acceptors (Lipinski definition) is 11. The molecule has 2 aromatic carbocycles. The van der Waals surface area contributed by atoms with Crippen molar-refractivity contribution in [2.45, 2.75) is 13.0 Å². The Morgan fingerprint density at radius 2 is 1.73 bits per heavy atom. The van der Waals surface area contributed by atoms with Gasteiger partial charge in [0.15, 0.2) is 23.0 Å². The molecule has 6 aromatic rings. The summed E-state index contributed by atoms with van der Waals surface area (Å²) in [5, 5.41) is 63.7. The Kier molecular flexibility index (Phi) is 6.66. The number of aromatic hydroxyl groups is 5. The first-order valence-corrected chi connectivity index (χ1v) is 13.3. The lowest BCUT2D eigenvalue weighted by Crippen LogP contribution is -2.32. The van der Waals surface area contributed by atoms with E-state index in [0.717, 1.165) is 4.57 Å². The molecule has 226 valence electrons. The number of anilines is 1. The first-order chi connectivity index (χ1) is 21.5. The number of rotatable bonds is 4. The predicted octanol–water partition coefficient (Wildman–Crippen LogP) is 1.77. The third-order valence-corrected chi connectivity index (χ3v) is 7.13. The number of phenolic OH excluding ortho intramolecular Hbond substituents is 5. The number of aryl methyl sites for hydroxylation is 1. The van der Waals surface area contributed by atoms with Gasteiger partial charge in [-0.25, -0.2) is 9.50 Å². The smallest absolute Gasteiger partial charge is 0.264 e. The normalized spacial score (nSPS) is 11.8. The molecule has 0 aliphatic carbocycles. The van der Waals surface area contributed by atoms with Crippen molar-refractivity contribution in [3.8, 4) is 46.3 Å². The van der Waals surface area contributed by atoms with Gasteiger partial charge in [0.1, 0.15) is 11.3 Å². The van der Waals surface area contributed by atoms with E-state index in [2.05, 4.69) is 32.3 Å². The number of fused-ring (bicyclic) bond motifs is 2. The van der Waals surface area contributed by atoms with Crippen molar-refractivity contribution in [1.82, 2.24) is 34.3 Å². The van der Waals surface area contributed by atoms with Crippen LogP contribution in [0.15, 0.2) is 59.9 Å². The maximum Gasteiger partial charge on any atom is 0.264 e. The molecule has 0 fully saturated rings. The molecule has 1 amide bonds. The first kappa shape index (κ1) is 28.4. The zero-order chi connectivity index (χ0) is 32.2. The topological polar surface area (TPSA) is 226 Å². The summed E-state index contributed by atoms with van der Waals surface area (Å²) < 4.78 is 3.70. The highest BCUT2D eigenvalue weighted by molar-refractivity contribution is 6.04. The molecule has 45 heavy (non-hydrogen) atoms. The largest absolute Gasteiger partial charge is 0.503 e. The number of nitrogens with two attached hydrogens (primary N) is 1. The van der Waals surface area contributed by atoms with Gasteiger partial charge in [-0.3, -0.25) is 18.8 Å². The van der Waals surface area contributed by atoms with Crippen LogP contribution in [0.2, 0.25) is 0 Å². The van der Waals surface area contributed by atoms with Crippen molar-refractivity contribution in [3.05, 3.63) is 87.9 Å². The second-order valence-corrected chi connectivity index (χ2v) is 10.1. The van der Waals surface area contributed by atoms with E-state index >= 15 is 0 Å². The Morgan fingerprint density at radius 3 is 2.42 bits per heavy atom. The van der Waals surface area contributed by atoms with Gasteiger partial charge in [-0.1, -0.05) is 24.0 Å². The SMILES string of the molecule is CC(NC(=O)c1c(N)nn2cccnc12)c1cc2cccc(C#Cc3cnn(C)c3)c2c(=O)n1-c1c(O)c(O)c(O)c(O)c1O. The highest BCUT2D eigenvalue weighted by atomic mass is 16.4. The molecule has 15 nitrogen and oxygen atoms in total. The number of phenols is 5. The van der Waals surface area contributed by atoms with Gasteiger partial charge >= 0.3 is 0 Å². The van der Waals surface area contributed by atoms with Crippen LogP contribution in [0.3, 0.4) is 0 Å². The average molecular weight is 609 g/mol. The van der Waals surface area contributed by atoms with Crippen LogP contribution in [0.5, 0.6) is 28.7 Å². The van der Waals surface area contributed by atoms with Gasteiger partial charge in [-0.05, 0) is 30.5 Å². The number of nitrogen functional groups attached to an aromatic ring is 1. The van der Waals surface area contributed by atoms with Gasteiger partial charge < -0.3 is 36.6 Å². The Bertz CT molecular complexity index is 2280. The van der Waals surface area contributed by atoms with Gasteiger partial charge in [0.25, 0.3) is 11.5 Å². The summed E-state index contributed by atoms with van der Waals surface area (Å²) in [5.74, 6) is -0.738.